The third-order valence-electron chi connectivity index (χ3n) is 2.76. The van der Waals surface area contributed by atoms with E-state index in [-0.39, 0.29) is 5.97 Å². The lowest BCUT2D eigenvalue weighted by molar-refractivity contribution is -0.143. The molecule has 0 aliphatic heterocycles. The van der Waals surface area contributed by atoms with Crippen LogP contribution in [-0.4, -0.2) is 28.5 Å². The number of carbonyl (C=O) groups is 1. The molecule has 21 heavy (non-hydrogen) atoms. The molecule has 0 amide bonds. The van der Waals surface area contributed by atoms with Gasteiger partial charge < -0.3 is 9.15 Å². The number of hydrogen-bond donors (Lipinski definition) is 0. The maximum atomic E-state index is 11.2. The molecule has 0 N–H and O–H groups in total. The van der Waals surface area contributed by atoms with Crippen molar-refractivity contribution in [1.82, 2.24) is 10.2 Å². The van der Waals surface area contributed by atoms with E-state index in [0.717, 1.165) is 17.7 Å². The molecule has 0 aliphatic carbocycles. The van der Waals surface area contributed by atoms with E-state index in [1.54, 1.807) is 6.92 Å². The van der Waals surface area contributed by atoms with Gasteiger partial charge in [0, 0.05) is 17.7 Å². The molecule has 0 radical (unpaired) electrons. The minimum atomic E-state index is -0.163. The average molecular weight is 306 g/mol. The van der Waals surface area contributed by atoms with E-state index in [0.29, 0.717) is 24.1 Å². The van der Waals surface area contributed by atoms with Crippen LogP contribution in [0.3, 0.4) is 0 Å². The summed E-state index contributed by atoms with van der Waals surface area (Å²) in [5.74, 6) is 1.10. The fraction of sp³-hybridized carbons (Fsp3) is 0.400. The quantitative estimate of drug-likeness (QED) is 0.443. The Kier molecular flexibility index (Phi) is 5.80. The number of thioether (sulfide) groups is 1. The van der Waals surface area contributed by atoms with E-state index in [4.69, 9.17) is 9.15 Å². The Morgan fingerprint density at radius 2 is 2.05 bits per heavy atom. The number of carbonyl (C=O) groups excluding carboxylic acids is 1. The summed E-state index contributed by atoms with van der Waals surface area (Å²) in [4.78, 5) is 11.2. The first-order valence-corrected chi connectivity index (χ1v) is 7.86. The van der Waals surface area contributed by atoms with Gasteiger partial charge in [0.05, 0.1) is 6.61 Å². The van der Waals surface area contributed by atoms with Gasteiger partial charge >= 0.3 is 5.97 Å². The zero-order valence-electron chi connectivity index (χ0n) is 12.2. The molecule has 2 rings (SSSR count). The summed E-state index contributed by atoms with van der Waals surface area (Å²) >= 11 is 1.45. The molecule has 6 heteroatoms. The van der Waals surface area contributed by atoms with Gasteiger partial charge in [0.1, 0.15) is 0 Å². The Balaban J connectivity index is 1.81. The molecular weight excluding hydrogens is 288 g/mol. The Hall–Kier alpha value is -1.82. The van der Waals surface area contributed by atoms with Crippen LogP contribution >= 0.6 is 11.8 Å². The molecule has 0 unspecified atom stereocenters. The Morgan fingerprint density at radius 3 is 2.76 bits per heavy atom. The summed E-state index contributed by atoms with van der Waals surface area (Å²) < 4.78 is 10.5. The zero-order chi connectivity index (χ0) is 15.1. The third-order valence-corrected chi connectivity index (χ3v) is 3.67. The van der Waals surface area contributed by atoms with Crippen molar-refractivity contribution in [1.29, 1.82) is 0 Å². The van der Waals surface area contributed by atoms with Crippen LogP contribution in [0, 0.1) is 6.92 Å². The molecule has 1 aromatic heterocycles. The van der Waals surface area contributed by atoms with Gasteiger partial charge in [-0.2, -0.15) is 0 Å². The van der Waals surface area contributed by atoms with Crippen LogP contribution in [0.15, 0.2) is 33.9 Å². The molecule has 0 spiro atoms. The summed E-state index contributed by atoms with van der Waals surface area (Å²) in [6, 6.07) is 7.92. The number of nitrogens with zero attached hydrogens (tertiary/aromatic N) is 2. The van der Waals surface area contributed by atoms with Crippen molar-refractivity contribution in [2.45, 2.75) is 31.9 Å². The van der Waals surface area contributed by atoms with Crippen molar-refractivity contribution in [3.63, 3.8) is 0 Å². The van der Waals surface area contributed by atoms with Crippen molar-refractivity contribution in [3.05, 3.63) is 29.8 Å². The van der Waals surface area contributed by atoms with E-state index in [1.807, 2.05) is 31.2 Å². The molecule has 112 valence electrons. The van der Waals surface area contributed by atoms with E-state index in [1.165, 1.54) is 17.3 Å². The van der Waals surface area contributed by atoms with Gasteiger partial charge in [0.15, 0.2) is 0 Å². The Labute approximate surface area is 128 Å². The lowest BCUT2D eigenvalue weighted by atomic mass is 10.1. The average Bonchev–Trinajstić information content (AvgIpc) is 2.93. The highest BCUT2D eigenvalue weighted by atomic mass is 32.2. The summed E-state index contributed by atoms with van der Waals surface area (Å²) in [6.45, 7) is 4.26. The molecule has 1 aromatic carbocycles. The second-order valence-electron chi connectivity index (χ2n) is 4.50. The van der Waals surface area contributed by atoms with E-state index in [2.05, 4.69) is 10.2 Å². The normalized spacial score (nSPS) is 10.6. The lowest BCUT2D eigenvalue weighted by Gasteiger charge is -2.00. The van der Waals surface area contributed by atoms with E-state index >= 15 is 0 Å². The van der Waals surface area contributed by atoms with E-state index < -0.39 is 0 Å². The topological polar surface area (TPSA) is 65.2 Å². The maximum Gasteiger partial charge on any atom is 0.305 e. The van der Waals surface area contributed by atoms with Crippen molar-refractivity contribution in [2.75, 3.05) is 12.4 Å². The molecule has 5 nitrogen and oxygen atoms in total. The largest absolute Gasteiger partial charge is 0.466 e. The van der Waals surface area contributed by atoms with Gasteiger partial charge in [0.2, 0.25) is 5.89 Å². The monoisotopic (exact) mass is 306 g/mol. The summed E-state index contributed by atoms with van der Waals surface area (Å²) in [5.41, 5.74) is 2.10. The Morgan fingerprint density at radius 1 is 1.29 bits per heavy atom. The van der Waals surface area contributed by atoms with Crippen LogP contribution in [0.5, 0.6) is 0 Å². The smallest absolute Gasteiger partial charge is 0.305 e. The van der Waals surface area contributed by atoms with Crippen LogP contribution in [0.25, 0.3) is 11.5 Å². The van der Waals surface area contributed by atoms with Crippen LogP contribution in [-0.2, 0) is 9.53 Å². The van der Waals surface area contributed by atoms with E-state index in [9.17, 15) is 4.79 Å². The number of rotatable bonds is 7. The summed E-state index contributed by atoms with van der Waals surface area (Å²) in [7, 11) is 0. The molecular formula is C15H18N2O3S. The number of esters is 1. The number of aromatic nitrogens is 2. The molecule has 1 heterocycles. The minimum absolute atomic E-state index is 0.163. The van der Waals surface area contributed by atoms with Crippen molar-refractivity contribution in [3.8, 4) is 11.5 Å². The molecule has 0 atom stereocenters. The number of ether oxygens (including phenoxy) is 1. The predicted octanol–water partition coefficient (Wildman–Crippen LogP) is 3.48. The fourth-order valence-corrected chi connectivity index (χ4v) is 2.39. The van der Waals surface area contributed by atoms with Crippen LogP contribution < -0.4 is 0 Å². The molecule has 2 aromatic rings. The third kappa shape index (κ3) is 4.90. The second kappa shape index (κ2) is 7.83. The van der Waals surface area contributed by atoms with Crippen LogP contribution in [0.2, 0.25) is 0 Å². The standard InChI is InChI=1S/C15H18N2O3S/c1-3-19-13(18)5-4-10-21-15-17-16-14(20-15)12-8-6-11(2)7-9-12/h6-9H,3-5,10H2,1-2H3. The van der Waals surface area contributed by atoms with Crippen molar-refractivity contribution < 1.29 is 13.9 Å². The SMILES string of the molecule is CCOC(=O)CCCSc1nnc(-c2ccc(C)cc2)o1. The first-order valence-electron chi connectivity index (χ1n) is 6.88. The number of hydrogen-bond acceptors (Lipinski definition) is 6. The fourth-order valence-electron chi connectivity index (χ4n) is 1.69. The molecule has 0 saturated carbocycles. The minimum Gasteiger partial charge on any atom is -0.466 e. The van der Waals surface area contributed by atoms with Crippen molar-refractivity contribution >= 4 is 17.7 Å². The zero-order valence-corrected chi connectivity index (χ0v) is 13.0. The summed E-state index contributed by atoms with van der Waals surface area (Å²) in [5, 5.41) is 8.55. The second-order valence-corrected chi connectivity index (χ2v) is 5.54. The predicted molar refractivity (Wildman–Crippen MR) is 81.1 cm³/mol. The first kappa shape index (κ1) is 15.6. The summed E-state index contributed by atoms with van der Waals surface area (Å²) in [6.07, 6.45) is 1.14. The maximum absolute atomic E-state index is 11.2. The van der Waals surface area contributed by atoms with Gasteiger partial charge in [-0.3, -0.25) is 4.79 Å². The molecule has 0 aliphatic rings. The lowest BCUT2D eigenvalue weighted by Crippen LogP contribution is -2.03. The Bertz CT molecular complexity index is 581. The molecule has 0 bridgehead atoms. The van der Waals surface area contributed by atoms with Crippen LogP contribution in [0.4, 0.5) is 0 Å². The van der Waals surface area contributed by atoms with Gasteiger partial charge in [-0.1, -0.05) is 29.5 Å². The highest BCUT2D eigenvalue weighted by Gasteiger charge is 2.09. The highest BCUT2D eigenvalue weighted by Crippen LogP contribution is 2.24. The number of benzene rings is 1. The highest BCUT2D eigenvalue weighted by molar-refractivity contribution is 7.99. The molecule has 0 fully saturated rings. The van der Waals surface area contributed by atoms with Crippen molar-refractivity contribution in [2.24, 2.45) is 0 Å². The van der Waals surface area contributed by atoms with Gasteiger partial charge in [-0.15, -0.1) is 10.2 Å². The first-order chi connectivity index (χ1) is 10.2. The molecule has 0 saturated heterocycles. The number of aryl methyl sites for hydroxylation is 1. The van der Waals surface area contributed by atoms with Gasteiger partial charge in [0.25, 0.3) is 5.22 Å². The van der Waals surface area contributed by atoms with Gasteiger partial charge in [-0.05, 0) is 32.4 Å². The van der Waals surface area contributed by atoms with Gasteiger partial charge in [-0.25, -0.2) is 0 Å². The van der Waals surface area contributed by atoms with Crippen LogP contribution in [0.1, 0.15) is 25.3 Å².